The Morgan fingerprint density at radius 1 is 1.03 bits per heavy atom. The molecule has 0 fully saturated rings. The highest BCUT2D eigenvalue weighted by Crippen LogP contribution is 2.39. The van der Waals surface area contributed by atoms with Gasteiger partial charge >= 0.3 is 5.97 Å². The van der Waals surface area contributed by atoms with Crippen LogP contribution in [0.5, 0.6) is 11.5 Å². The van der Waals surface area contributed by atoms with E-state index >= 15 is 0 Å². The summed E-state index contributed by atoms with van der Waals surface area (Å²) in [4.78, 5) is 13.2. The van der Waals surface area contributed by atoms with Gasteiger partial charge in [-0.15, -0.1) is 11.3 Å². The number of fused-ring (bicyclic) bond motifs is 1. The van der Waals surface area contributed by atoms with Crippen molar-refractivity contribution in [3.8, 4) is 11.5 Å². The fourth-order valence-electron chi connectivity index (χ4n) is 3.02. The zero-order chi connectivity index (χ0) is 22.5. The summed E-state index contributed by atoms with van der Waals surface area (Å²) in [5.74, 6) is 1.12. The van der Waals surface area contributed by atoms with Crippen LogP contribution in [0.3, 0.4) is 0 Å². The standard InChI is InChI=1S/C24H19Cl2IO4S/c1-2-29-24(28)20-11-27-23(26)21-16(14-32-22(20)21)13-31-19-5-3-4-18(10-19)30-12-15-6-8-17(25)9-7-15/h3-11,14H,2,12-13H2,1H3. The highest BCUT2D eigenvalue weighted by molar-refractivity contribution is 14.2. The van der Waals surface area contributed by atoms with E-state index in [1.165, 1.54) is 11.3 Å². The smallest absolute Gasteiger partial charge is 0.340 e. The molecule has 166 valence electrons. The number of thiophene rings is 1. The lowest BCUT2D eigenvalue weighted by Crippen LogP contribution is -2.10. The van der Waals surface area contributed by atoms with Gasteiger partial charge in [-0.25, -0.2) is 4.79 Å². The average molecular weight is 601 g/mol. The maximum absolute atomic E-state index is 12.3. The van der Waals surface area contributed by atoms with Gasteiger partial charge in [0, 0.05) is 22.2 Å². The number of ether oxygens (including phenoxy) is 3. The van der Waals surface area contributed by atoms with E-state index in [1.54, 1.807) is 6.92 Å². The molecule has 0 N–H and O–H groups in total. The molecule has 0 saturated heterocycles. The van der Waals surface area contributed by atoms with Crippen LogP contribution < -0.4 is 9.47 Å². The van der Waals surface area contributed by atoms with Crippen molar-refractivity contribution in [2.45, 2.75) is 20.1 Å². The molecule has 4 nitrogen and oxygen atoms in total. The van der Waals surface area contributed by atoms with Crippen molar-refractivity contribution in [2.75, 3.05) is 6.61 Å². The molecule has 0 atom stereocenters. The predicted octanol–water partition coefficient (Wildman–Crippen LogP) is 7.16. The van der Waals surface area contributed by atoms with E-state index in [0.29, 0.717) is 41.9 Å². The summed E-state index contributed by atoms with van der Waals surface area (Å²) in [5, 5.41) is 2.69. The zero-order valence-electron chi connectivity index (χ0n) is 17.1. The van der Waals surface area contributed by atoms with Crippen LogP contribution in [-0.4, -0.2) is 15.5 Å². The van der Waals surface area contributed by atoms with Crippen LogP contribution in [0.2, 0.25) is 5.02 Å². The van der Waals surface area contributed by atoms with Crippen LogP contribution in [0.15, 0.2) is 58.0 Å². The summed E-state index contributed by atoms with van der Waals surface area (Å²) in [6.07, 6.45) is 0. The zero-order valence-corrected chi connectivity index (χ0v) is 21.6. The van der Waals surface area contributed by atoms with Crippen molar-refractivity contribution in [1.29, 1.82) is 0 Å². The van der Waals surface area contributed by atoms with Gasteiger partial charge in [-0.1, -0.05) is 62.1 Å². The highest BCUT2D eigenvalue weighted by atomic mass is 127. The average Bonchev–Trinajstić information content (AvgIpc) is 3.23. The Kier molecular flexibility index (Phi) is 7.88. The van der Waals surface area contributed by atoms with Gasteiger partial charge in [0.1, 0.15) is 24.7 Å². The molecule has 0 radical (unpaired) electrons. The molecule has 0 bridgehead atoms. The van der Waals surface area contributed by atoms with E-state index in [4.69, 9.17) is 37.4 Å². The monoisotopic (exact) mass is 600 g/mol. The van der Waals surface area contributed by atoms with Gasteiger partial charge in [0.25, 0.3) is 0 Å². The largest absolute Gasteiger partial charge is 0.489 e. The minimum atomic E-state index is -0.573. The molecule has 8 heteroatoms. The van der Waals surface area contributed by atoms with Gasteiger partial charge < -0.3 is 14.2 Å². The number of rotatable bonds is 8. The van der Waals surface area contributed by atoms with Gasteiger partial charge in [0.15, 0.2) is 0 Å². The number of benzene rings is 2. The summed E-state index contributed by atoms with van der Waals surface area (Å²) in [6.45, 7) is 2.94. The molecular weight excluding hydrogens is 582 g/mol. The summed E-state index contributed by atoms with van der Waals surface area (Å²) >= 11 is 13.4. The van der Waals surface area contributed by atoms with E-state index < -0.39 is 20.7 Å². The first-order valence-electron chi connectivity index (χ1n) is 9.79. The van der Waals surface area contributed by atoms with E-state index in [9.17, 15) is 4.79 Å². The van der Waals surface area contributed by atoms with Crippen LogP contribution in [-0.2, 0) is 22.7 Å². The molecule has 1 aliphatic heterocycles. The van der Waals surface area contributed by atoms with Crippen LogP contribution in [0.4, 0.5) is 0 Å². The molecule has 4 rings (SSSR count). The molecule has 32 heavy (non-hydrogen) atoms. The summed E-state index contributed by atoms with van der Waals surface area (Å²) in [7, 11) is 0. The molecule has 2 heterocycles. The summed E-state index contributed by atoms with van der Waals surface area (Å²) < 4.78 is 19.9. The third kappa shape index (κ3) is 5.54. The Balaban J connectivity index is 1.43. The van der Waals surface area contributed by atoms with E-state index in [0.717, 1.165) is 24.5 Å². The van der Waals surface area contributed by atoms with Crippen molar-refractivity contribution in [3.05, 3.63) is 84.6 Å². The Hall–Kier alpha value is -1.87. The van der Waals surface area contributed by atoms with Gasteiger partial charge in [-0.3, -0.25) is 0 Å². The molecule has 0 unspecified atom stereocenters. The molecule has 0 spiro atoms. The quantitative estimate of drug-likeness (QED) is 0.203. The number of halogens is 3. The van der Waals surface area contributed by atoms with E-state index in [1.807, 2.05) is 58.0 Å². The predicted molar refractivity (Wildman–Crippen MR) is 139 cm³/mol. The number of hydrogen-bond acceptors (Lipinski definition) is 5. The molecule has 0 saturated carbocycles. The third-order valence-corrected chi connectivity index (χ3v) is 8.65. The molecule has 3 aromatic rings. The highest BCUT2D eigenvalue weighted by Gasteiger charge is 2.26. The minimum absolute atomic E-state index is 0.294. The first-order chi connectivity index (χ1) is 15.5. The second-order valence-electron chi connectivity index (χ2n) is 6.76. The number of esters is 1. The maximum Gasteiger partial charge on any atom is 0.340 e. The fourth-order valence-corrected chi connectivity index (χ4v) is 7.23. The van der Waals surface area contributed by atoms with Gasteiger partial charge in [-0.2, -0.15) is 0 Å². The first kappa shape index (κ1) is 23.3. The number of carbonyl (C=O) groups is 1. The van der Waals surface area contributed by atoms with Crippen molar-refractivity contribution >= 4 is 69.8 Å². The Labute approximate surface area is 210 Å². The Morgan fingerprint density at radius 2 is 1.75 bits per heavy atom. The minimum Gasteiger partial charge on any atom is -0.489 e. The van der Waals surface area contributed by atoms with Crippen LogP contribution in [0.25, 0.3) is 5.57 Å². The van der Waals surface area contributed by atoms with Crippen LogP contribution >= 0.6 is 55.3 Å². The second-order valence-corrected chi connectivity index (χ2v) is 11.4. The van der Waals surface area contributed by atoms with Gasteiger partial charge in [0.2, 0.25) is 0 Å². The van der Waals surface area contributed by atoms with Crippen molar-refractivity contribution in [1.82, 2.24) is 0 Å². The van der Waals surface area contributed by atoms with Gasteiger partial charge in [-0.05, 0) is 46.2 Å². The van der Waals surface area contributed by atoms with Gasteiger partial charge in [0.05, 0.1) is 20.0 Å². The second kappa shape index (κ2) is 10.8. The normalized spacial score (nSPS) is 12.7. The van der Waals surface area contributed by atoms with E-state index in [2.05, 4.69) is 0 Å². The maximum atomic E-state index is 12.3. The number of carbonyl (C=O) groups excluding carboxylic acids is 1. The molecule has 0 aliphatic carbocycles. The molecule has 1 aromatic heterocycles. The van der Waals surface area contributed by atoms with Crippen molar-refractivity contribution in [3.63, 3.8) is 0 Å². The Morgan fingerprint density at radius 3 is 2.47 bits per heavy atom. The SMILES string of the molecule is CCOC(=O)C1=CI=C(Cl)c2c(COc3cccc(OCc4ccc(Cl)cc4)c3)csc21. The van der Waals surface area contributed by atoms with Crippen LogP contribution in [0.1, 0.15) is 28.5 Å². The van der Waals surface area contributed by atoms with Crippen molar-refractivity contribution in [2.24, 2.45) is 0 Å². The van der Waals surface area contributed by atoms with E-state index in [-0.39, 0.29) is 5.97 Å². The summed E-state index contributed by atoms with van der Waals surface area (Å²) in [5.41, 5.74) is 3.54. The lowest BCUT2D eigenvalue weighted by atomic mass is 10.1. The molecule has 0 amide bonds. The topological polar surface area (TPSA) is 44.8 Å². The Bertz CT molecular complexity index is 1180. The fraction of sp³-hybridized carbons (Fsp3) is 0.167. The molecular formula is C24H19Cl2IO4S. The lowest BCUT2D eigenvalue weighted by Gasteiger charge is -2.13. The van der Waals surface area contributed by atoms with Crippen molar-refractivity contribution < 1.29 is 19.0 Å². The lowest BCUT2D eigenvalue weighted by molar-refractivity contribution is -0.136. The molecule has 2 aromatic carbocycles. The number of hydrogen-bond donors (Lipinski definition) is 0. The first-order valence-corrected chi connectivity index (χ1v) is 13.8. The summed E-state index contributed by atoms with van der Waals surface area (Å²) in [6, 6.07) is 15.1. The third-order valence-electron chi connectivity index (χ3n) is 4.57. The molecule has 1 aliphatic rings. The van der Waals surface area contributed by atoms with Crippen LogP contribution in [0, 0.1) is 0 Å².